The third-order valence-electron chi connectivity index (χ3n) is 3.66. The molecule has 25 heavy (non-hydrogen) atoms. The van der Waals surface area contributed by atoms with Gasteiger partial charge in [0, 0.05) is 25.1 Å². The van der Waals surface area contributed by atoms with Crippen molar-refractivity contribution in [2.45, 2.75) is 13.0 Å². The molecule has 0 radical (unpaired) electrons. The Labute approximate surface area is 146 Å². The van der Waals surface area contributed by atoms with E-state index in [2.05, 4.69) is 4.74 Å². The van der Waals surface area contributed by atoms with Crippen LogP contribution in [0.5, 0.6) is 0 Å². The number of benzene rings is 2. The van der Waals surface area contributed by atoms with Crippen LogP contribution >= 0.6 is 0 Å². The summed E-state index contributed by atoms with van der Waals surface area (Å²) in [6.45, 7) is 0.543. The largest absolute Gasteiger partial charge is 0.465 e. The summed E-state index contributed by atoms with van der Waals surface area (Å²) in [5.74, 6) is -1.27. The van der Waals surface area contributed by atoms with Gasteiger partial charge >= 0.3 is 5.97 Å². The SMILES string of the molecule is COC(=O)c1cccc(C(=O)N(CCC(N)=O)Cc2ccccc2)c1. The molecule has 6 heteroatoms. The molecule has 0 saturated heterocycles. The molecule has 0 bridgehead atoms. The molecule has 130 valence electrons. The number of nitrogens with two attached hydrogens (primary N) is 1. The lowest BCUT2D eigenvalue weighted by molar-refractivity contribution is -0.118. The average Bonchev–Trinajstić information content (AvgIpc) is 2.64. The lowest BCUT2D eigenvalue weighted by atomic mass is 10.1. The number of carbonyl (C=O) groups is 3. The van der Waals surface area contributed by atoms with Gasteiger partial charge in [0.2, 0.25) is 5.91 Å². The van der Waals surface area contributed by atoms with Crippen LogP contribution in [0.25, 0.3) is 0 Å². The monoisotopic (exact) mass is 340 g/mol. The molecule has 2 rings (SSSR count). The standard InChI is InChI=1S/C19H20N2O4/c1-25-19(24)16-9-5-8-15(12-16)18(23)21(11-10-17(20)22)13-14-6-3-2-4-7-14/h2-9,12H,10-11,13H2,1H3,(H2,20,22). The number of esters is 1. The molecule has 0 aliphatic heterocycles. The molecule has 0 aromatic heterocycles. The van der Waals surface area contributed by atoms with E-state index >= 15 is 0 Å². The Hall–Kier alpha value is -3.15. The van der Waals surface area contributed by atoms with Crippen molar-refractivity contribution in [3.8, 4) is 0 Å². The lowest BCUT2D eigenvalue weighted by Crippen LogP contribution is -2.33. The quantitative estimate of drug-likeness (QED) is 0.781. The van der Waals surface area contributed by atoms with Crippen molar-refractivity contribution in [2.24, 2.45) is 5.73 Å². The van der Waals surface area contributed by atoms with Crippen LogP contribution < -0.4 is 5.73 Å². The van der Waals surface area contributed by atoms with Gasteiger partial charge in [-0.1, -0.05) is 36.4 Å². The van der Waals surface area contributed by atoms with Crippen molar-refractivity contribution < 1.29 is 19.1 Å². The van der Waals surface area contributed by atoms with Gasteiger partial charge in [-0.3, -0.25) is 9.59 Å². The van der Waals surface area contributed by atoms with Gasteiger partial charge in [0.15, 0.2) is 0 Å². The van der Waals surface area contributed by atoms with Crippen LogP contribution in [0.3, 0.4) is 0 Å². The highest BCUT2D eigenvalue weighted by molar-refractivity contribution is 5.98. The summed E-state index contributed by atoms with van der Waals surface area (Å²) in [6, 6.07) is 15.7. The molecule has 0 saturated carbocycles. The molecule has 0 fully saturated rings. The Morgan fingerprint density at radius 2 is 1.68 bits per heavy atom. The van der Waals surface area contributed by atoms with E-state index < -0.39 is 11.9 Å². The highest BCUT2D eigenvalue weighted by Gasteiger charge is 2.18. The van der Waals surface area contributed by atoms with Gasteiger partial charge in [0.05, 0.1) is 12.7 Å². The fourth-order valence-corrected chi connectivity index (χ4v) is 2.38. The summed E-state index contributed by atoms with van der Waals surface area (Å²) >= 11 is 0. The number of hydrogen-bond donors (Lipinski definition) is 1. The van der Waals surface area contributed by atoms with E-state index in [9.17, 15) is 14.4 Å². The van der Waals surface area contributed by atoms with Gasteiger partial charge in [-0.25, -0.2) is 4.79 Å². The summed E-state index contributed by atoms with van der Waals surface area (Å²) < 4.78 is 4.68. The van der Waals surface area contributed by atoms with Crippen LogP contribution in [0.4, 0.5) is 0 Å². The molecule has 0 aliphatic rings. The van der Waals surface area contributed by atoms with E-state index in [1.807, 2.05) is 30.3 Å². The number of hydrogen-bond acceptors (Lipinski definition) is 4. The van der Waals surface area contributed by atoms with Gasteiger partial charge in [0.25, 0.3) is 5.91 Å². The van der Waals surface area contributed by atoms with Gasteiger partial charge in [0.1, 0.15) is 0 Å². The third-order valence-corrected chi connectivity index (χ3v) is 3.66. The normalized spacial score (nSPS) is 10.1. The van der Waals surface area contributed by atoms with E-state index in [1.54, 1.807) is 18.2 Å². The second-order valence-electron chi connectivity index (χ2n) is 5.50. The second-order valence-corrected chi connectivity index (χ2v) is 5.50. The maximum Gasteiger partial charge on any atom is 0.337 e. The van der Waals surface area contributed by atoms with Crippen LogP contribution in [-0.2, 0) is 16.1 Å². The van der Waals surface area contributed by atoms with E-state index in [4.69, 9.17) is 5.73 Å². The number of nitrogens with zero attached hydrogens (tertiary/aromatic N) is 1. The minimum absolute atomic E-state index is 0.0647. The highest BCUT2D eigenvalue weighted by atomic mass is 16.5. The first-order valence-corrected chi connectivity index (χ1v) is 7.81. The number of carbonyl (C=O) groups excluding carboxylic acids is 3. The maximum atomic E-state index is 12.8. The maximum absolute atomic E-state index is 12.8. The van der Waals surface area contributed by atoms with E-state index in [0.29, 0.717) is 17.7 Å². The number of methoxy groups -OCH3 is 1. The molecule has 2 N–H and O–H groups in total. The van der Waals surface area contributed by atoms with Crippen molar-refractivity contribution in [3.05, 3.63) is 71.3 Å². The van der Waals surface area contributed by atoms with Gasteiger partial charge in [-0.15, -0.1) is 0 Å². The summed E-state index contributed by atoms with van der Waals surface area (Å²) in [5.41, 5.74) is 6.80. The average molecular weight is 340 g/mol. The fourth-order valence-electron chi connectivity index (χ4n) is 2.38. The van der Waals surface area contributed by atoms with Crippen LogP contribution in [0, 0.1) is 0 Å². The Bertz CT molecular complexity index is 759. The van der Waals surface area contributed by atoms with Gasteiger partial charge in [-0.2, -0.15) is 0 Å². The first-order valence-electron chi connectivity index (χ1n) is 7.81. The van der Waals surface area contributed by atoms with Crippen molar-refractivity contribution in [2.75, 3.05) is 13.7 Å². The van der Waals surface area contributed by atoms with E-state index in [0.717, 1.165) is 5.56 Å². The molecule has 2 aromatic rings. The van der Waals surface area contributed by atoms with Crippen LogP contribution in [0.15, 0.2) is 54.6 Å². The zero-order valence-corrected chi connectivity index (χ0v) is 14.0. The Morgan fingerprint density at radius 1 is 1.00 bits per heavy atom. The Kier molecular flexibility index (Phi) is 6.28. The van der Waals surface area contributed by atoms with E-state index in [-0.39, 0.29) is 18.9 Å². The van der Waals surface area contributed by atoms with Crippen molar-refractivity contribution in [1.29, 1.82) is 0 Å². The number of ether oxygens (including phenoxy) is 1. The molecule has 2 aromatic carbocycles. The number of primary amides is 1. The summed E-state index contributed by atoms with van der Waals surface area (Å²) in [4.78, 5) is 37.2. The van der Waals surface area contributed by atoms with Gasteiger partial charge in [-0.05, 0) is 23.8 Å². The predicted octanol–water partition coefficient (Wildman–Crippen LogP) is 1.99. The van der Waals surface area contributed by atoms with Crippen LogP contribution in [0.2, 0.25) is 0 Å². The van der Waals surface area contributed by atoms with E-state index in [1.165, 1.54) is 18.1 Å². The second kappa shape index (κ2) is 8.63. The molecule has 6 nitrogen and oxygen atoms in total. The predicted molar refractivity (Wildman–Crippen MR) is 92.8 cm³/mol. The molecule has 0 spiro atoms. The van der Waals surface area contributed by atoms with Crippen molar-refractivity contribution in [1.82, 2.24) is 4.90 Å². The number of amides is 2. The minimum Gasteiger partial charge on any atom is -0.465 e. The summed E-state index contributed by atoms with van der Waals surface area (Å²) in [6.07, 6.45) is 0.0647. The highest BCUT2D eigenvalue weighted by Crippen LogP contribution is 2.13. The third kappa shape index (κ3) is 5.17. The molecule has 2 amide bonds. The topological polar surface area (TPSA) is 89.7 Å². The van der Waals surface area contributed by atoms with Crippen molar-refractivity contribution in [3.63, 3.8) is 0 Å². The summed E-state index contributed by atoms with van der Waals surface area (Å²) in [5, 5.41) is 0. The smallest absolute Gasteiger partial charge is 0.337 e. The first-order chi connectivity index (χ1) is 12.0. The molecule has 0 unspecified atom stereocenters. The summed E-state index contributed by atoms with van der Waals surface area (Å²) in [7, 11) is 1.28. The zero-order chi connectivity index (χ0) is 18.2. The number of rotatable bonds is 7. The molecular formula is C19H20N2O4. The zero-order valence-electron chi connectivity index (χ0n) is 14.0. The minimum atomic E-state index is -0.513. The molecule has 0 aliphatic carbocycles. The molecule has 0 heterocycles. The van der Waals surface area contributed by atoms with Crippen molar-refractivity contribution >= 4 is 17.8 Å². The molecule has 0 atom stereocenters. The molecular weight excluding hydrogens is 320 g/mol. The first kappa shape index (κ1) is 18.2. The Morgan fingerprint density at radius 3 is 2.32 bits per heavy atom. The Balaban J connectivity index is 2.24. The van der Waals surface area contributed by atoms with Crippen LogP contribution in [-0.4, -0.2) is 36.3 Å². The fraction of sp³-hybridized carbons (Fsp3) is 0.211. The lowest BCUT2D eigenvalue weighted by Gasteiger charge is -2.22. The van der Waals surface area contributed by atoms with Gasteiger partial charge < -0.3 is 15.4 Å². The van der Waals surface area contributed by atoms with Crippen LogP contribution in [0.1, 0.15) is 32.7 Å².